The molecule has 0 aromatic rings. The van der Waals surface area contributed by atoms with Gasteiger partial charge in [0.25, 0.3) is 0 Å². The molecule has 3 aliphatic heterocycles. The molecule has 0 aromatic carbocycles. The predicted molar refractivity (Wildman–Crippen MR) is 85.7 cm³/mol. The van der Waals surface area contributed by atoms with Crippen LogP contribution in [0.5, 0.6) is 0 Å². The van der Waals surface area contributed by atoms with Gasteiger partial charge < -0.3 is 25.5 Å². The number of hydrogen-bond acceptors (Lipinski definition) is 4. The summed E-state index contributed by atoms with van der Waals surface area (Å²) in [5, 5.41) is 10.8. The molecule has 3 saturated heterocycles. The van der Waals surface area contributed by atoms with Crippen molar-refractivity contribution in [3.05, 3.63) is 0 Å². The molecule has 7 heteroatoms. The van der Waals surface area contributed by atoms with Crippen LogP contribution in [0.2, 0.25) is 0 Å². The first-order valence-corrected chi connectivity index (χ1v) is 8.78. The molecule has 0 aliphatic carbocycles. The predicted octanol–water partition coefficient (Wildman–Crippen LogP) is -0.0212. The van der Waals surface area contributed by atoms with Crippen LogP contribution < -0.4 is 5.73 Å². The SMILES string of the molecule is NC(=O)N1CCC[C@H]1C(=O)N1CCC(O)(CN2CCCC2)CC1. The summed E-state index contributed by atoms with van der Waals surface area (Å²) in [5.74, 6) is -0.00970. The number of carbonyl (C=O) groups is 2. The second-order valence-corrected chi connectivity index (χ2v) is 7.22. The normalized spacial score (nSPS) is 28.3. The fraction of sp³-hybridized carbons (Fsp3) is 0.875. The number of rotatable bonds is 3. The zero-order valence-electron chi connectivity index (χ0n) is 13.7. The highest BCUT2D eigenvalue weighted by molar-refractivity contribution is 5.87. The van der Waals surface area contributed by atoms with Crippen LogP contribution in [-0.2, 0) is 4.79 Å². The number of aliphatic hydroxyl groups is 1. The van der Waals surface area contributed by atoms with Gasteiger partial charge in [-0.2, -0.15) is 0 Å². The number of nitrogens with zero attached hydrogens (tertiary/aromatic N) is 3. The summed E-state index contributed by atoms with van der Waals surface area (Å²) in [6, 6.07) is -0.916. The van der Waals surface area contributed by atoms with Crippen molar-refractivity contribution in [1.82, 2.24) is 14.7 Å². The molecule has 1 atom stereocenters. The molecule has 0 aromatic heterocycles. The van der Waals surface area contributed by atoms with Crippen LogP contribution >= 0.6 is 0 Å². The summed E-state index contributed by atoms with van der Waals surface area (Å²) in [6.45, 7) is 4.55. The third-order valence-electron chi connectivity index (χ3n) is 5.54. The van der Waals surface area contributed by atoms with Crippen LogP contribution in [0.3, 0.4) is 0 Å². The summed E-state index contributed by atoms with van der Waals surface area (Å²) in [7, 11) is 0. The standard InChI is InChI=1S/C16H28N4O3/c17-15(22)20-9-3-4-13(20)14(21)19-10-5-16(23,6-11-19)12-18-7-1-2-8-18/h13,23H,1-12H2,(H2,17,22)/t13-/m0/s1. The number of likely N-dealkylation sites (tertiary alicyclic amines) is 3. The highest BCUT2D eigenvalue weighted by atomic mass is 16.3. The van der Waals surface area contributed by atoms with Crippen molar-refractivity contribution in [2.24, 2.45) is 5.73 Å². The average molecular weight is 324 g/mol. The lowest BCUT2D eigenvalue weighted by Crippen LogP contribution is -2.55. The Morgan fingerprint density at radius 2 is 1.70 bits per heavy atom. The van der Waals surface area contributed by atoms with Crippen molar-refractivity contribution in [1.29, 1.82) is 0 Å². The van der Waals surface area contributed by atoms with Gasteiger partial charge in [0.1, 0.15) is 6.04 Å². The van der Waals surface area contributed by atoms with Gasteiger partial charge in [-0.05, 0) is 51.6 Å². The number of piperidine rings is 1. The van der Waals surface area contributed by atoms with Crippen molar-refractivity contribution < 1.29 is 14.7 Å². The molecule has 3 rings (SSSR count). The Morgan fingerprint density at radius 1 is 1.04 bits per heavy atom. The Morgan fingerprint density at radius 3 is 2.30 bits per heavy atom. The van der Waals surface area contributed by atoms with E-state index in [-0.39, 0.29) is 5.91 Å². The van der Waals surface area contributed by atoms with Gasteiger partial charge in [0.15, 0.2) is 0 Å². The van der Waals surface area contributed by atoms with Crippen LogP contribution in [0.1, 0.15) is 38.5 Å². The lowest BCUT2D eigenvalue weighted by molar-refractivity contribution is -0.139. The maximum atomic E-state index is 12.7. The molecule has 23 heavy (non-hydrogen) atoms. The number of hydrogen-bond donors (Lipinski definition) is 2. The summed E-state index contributed by atoms with van der Waals surface area (Å²) >= 11 is 0. The van der Waals surface area contributed by atoms with E-state index in [1.165, 1.54) is 17.7 Å². The fourth-order valence-electron chi connectivity index (χ4n) is 4.16. The van der Waals surface area contributed by atoms with E-state index in [2.05, 4.69) is 4.90 Å². The molecule has 3 fully saturated rings. The number of nitrogens with two attached hydrogens (primary N) is 1. The minimum Gasteiger partial charge on any atom is -0.388 e. The maximum absolute atomic E-state index is 12.7. The molecule has 0 bridgehead atoms. The minimum absolute atomic E-state index is 0.00970. The molecule has 3 amide bonds. The van der Waals surface area contributed by atoms with E-state index in [0.717, 1.165) is 19.5 Å². The lowest BCUT2D eigenvalue weighted by atomic mass is 9.90. The number of amides is 3. The molecule has 3 heterocycles. The summed E-state index contributed by atoms with van der Waals surface area (Å²) in [4.78, 5) is 29.7. The van der Waals surface area contributed by atoms with Gasteiger partial charge in [0.05, 0.1) is 5.60 Å². The Bertz CT molecular complexity index is 456. The topological polar surface area (TPSA) is 90.1 Å². The van der Waals surface area contributed by atoms with Crippen LogP contribution in [-0.4, -0.2) is 82.7 Å². The number of β-amino-alcohol motifs (C(OH)–C–C–N with tert-alkyl or cyclic N) is 1. The number of carbonyl (C=O) groups excluding carboxylic acids is 2. The highest BCUT2D eigenvalue weighted by Gasteiger charge is 2.40. The lowest BCUT2D eigenvalue weighted by Gasteiger charge is -2.41. The second-order valence-electron chi connectivity index (χ2n) is 7.22. The third-order valence-corrected chi connectivity index (χ3v) is 5.54. The van der Waals surface area contributed by atoms with E-state index < -0.39 is 17.7 Å². The van der Waals surface area contributed by atoms with Crippen molar-refractivity contribution >= 4 is 11.9 Å². The van der Waals surface area contributed by atoms with Gasteiger partial charge in [-0.25, -0.2) is 4.79 Å². The number of primary amides is 1. The minimum atomic E-state index is -0.680. The second kappa shape index (κ2) is 6.65. The van der Waals surface area contributed by atoms with E-state index in [9.17, 15) is 14.7 Å². The Balaban J connectivity index is 1.53. The first-order chi connectivity index (χ1) is 11.0. The maximum Gasteiger partial charge on any atom is 0.315 e. The van der Waals surface area contributed by atoms with E-state index >= 15 is 0 Å². The first-order valence-electron chi connectivity index (χ1n) is 8.78. The van der Waals surface area contributed by atoms with Gasteiger partial charge in [-0.1, -0.05) is 0 Å². The Labute approximate surface area is 137 Å². The van der Waals surface area contributed by atoms with Crippen LogP contribution in [0.25, 0.3) is 0 Å². The van der Waals surface area contributed by atoms with Gasteiger partial charge in [-0.3, -0.25) is 4.79 Å². The van der Waals surface area contributed by atoms with Crippen molar-refractivity contribution in [2.75, 3.05) is 39.3 Å². The highest BCUT2D eigenvalue weighted by Crippen LogP contribution is 2.27. The molecule has 0 spiro atoms. The quantitative estimate of drug-likeness (QED) is 0.763. The molecule has 7 nitrogen and oxygen atoms in total. The van der Waals surface area contributed by atoms with Gasteiger partial charge in [0.2, 0.25) is 5.91 Å². The molecule has 0 saturated carbocycles. The summed E-state index contributed by atoms with van der Waals surface area (Å²) in [6.07, 6.45) is 5.16. The van der Waals surface area contributed by atoms with E-state index in [0.29, 0.717) is 45.4 Å². The third kappa shape index (κ3) is 3.61. The zero-order valence-corrected chi connectivity index (χ0v) is 13.7. The van der Waals surface area contributed by atoms with E-state index in [1.54, 1.807) is 4.90 Å². The average Bonchev–Trinajstić information content (AvgIpc) is 3.17. The van der Waals surface area contributed by atoms with E-state index in [4.69, 9.17) is 5.73 Å². The molecule has 0 radical (unpaired) electrons. The first kappa shape index (κ1) is 16.5. The zero-order chi connectivity index (χ0) is 16.4. The Kier molecular flexibility index (Phi) is 4.77. The molecule has 0 unspecified atom stereocenters. The summed E-state index contributed by atoms with van der Waals surface area (Å²) in [5.41, 5.74) is 4.68. The molecular weight excluding hydrogens is 296 g/mol. The monoisotopic (exact) mass is 324 g/mol. The molecule has 3 N–H and O–H groups in total. The van der Waals surface area contributed by atoms with Gasteiger partial charge >= 0.3 is 6.03 Å². The largest absolute Gasteiger partial charge is 0.388 e. The van der Waals surface area contributed by atoms with Crippen LogP contribution in [0, 0.1) is 0 Å². The van der Waals surface area contributed by atoms with Crippen molar-refractivity contribution in [2.45, 2.75) is 50.2 Å². The fourth-order valence-corrected chi connectivity index (χ4v) is 4.16. The molecule has 3 aliphatic rings. The molecule has 130 valence electrons. The van der Waals surface area contributed by atoms with Crippen molar-refractivity contribution in [3.8, 4) is 0 Å². The van der Waals surface area contributed by atoms with Crippen LogP contribution in [0.15, 0.2) is 0 Å². The Hall–Kier alpha value is -1.34. The molecular formula is C16H28N4O3. The smallest absolute Gasteiger partial charge is 0.315 e. The van der Waals surface area contributed by atoms with Gasteiger partial charge in [0, 0.05) is 26.2 Å². The van der Waals surface area contributed by atoms with E-state index in [1.807, 2.05) is 0 Å². The number of urea groups is 1. The van der Waals surface area contributed by atoms with Gasteiger partial charge in [-0.15, -0.1) is 0 Å². The summed E-state index contributed by atoms with van der Waals surface area (Å²) < 4.78 is 0. The van der Waals surface area contributed by atoms with Crippen molar-refractivity contribution in [3.63, 3.8) is 0 Å². The van der Waals surface area contributed by atoms with Crippen LogP contribution in [0.4, 0.5) is 4.79 Å².